The second-order valence-corrected chi connectivity index (χ2v) is 8.67. The van der Waals surface area contributed by atoms with Crippen LogP contribution in [0.25, 0.3) is 0 Å². The molecule has 31 heavy (non-hydrogen) atoms. The largest absolute Gasteiger partial charge is 0.486 e. The van der Waals surface area contributed by atoms with Crippen molar-refractivity contribution in [3.05, 3.63) is 81.1 Å². The van der Waals surface area contributed by atoms with Gasteiger partial charge in [-0.3, -0.25) is 4.79 Å². The molecule has 0 saturated heterocycles. The third kappa shape index (κ3) is 6.12. The third-order valence-electron chi connectivity index (χ3n) is 5.07. The van der Waals surface area contributed by atoms with Gasteiger partial charge >= 0.3 is 0 Å². The quantitative estimate of drug-likeness (QED) is 0.484. The van der Waals surface area contributed by atoms with Crippen molar-refractivity contribution < 1.29 is 13.9 Å². The molecular weight excluding hydrogens is 413 g/mol. The Kier molecular flexibility index (Phi) is 7.76. The van der Waals surface area contributed by atoms with Crippen molar-refractivity contribution in [1.82, 2.24) is 14.8 Å². The van der Waals surface area contributed by atoms with Gasteiger partial charge in [-0.25, -0.2) is 9.37 Å². The first-order valence-electron chi connectivity index (χ1n) is 10.2. The number of amides is 1. The number of carbonyl (C=O) groups is 1. The minimum absolute atomic E-state index is 0.0787. The molecule has 164 valence electrons. The molecule has 0 bridgehead atoms. The van der Waals surface area contributed by atoms with E-state index in [-0.39, 0.29) is 11.5 Å². The van der Waals surface area contributed by atoms with E-state index >= 15 is 0 Å². The number of halogens is 1. The Hall–Kier alpha value is -2.77. The van der Waals surface area contributed by atoms with E-state index in [2.05, 4.69) is 18.0 Å². The number of hydrogen-bond donors (Lipinski definition) is 0. The molecular formula is C24H28FN3O2S. The SMILES string of the molecule is Cc1cccc(OCc2nc(CN(CCN(C)C)C(=O)c3ccccc3F)cs2)c1C. The van der Waals surface area contributed by atoms with Crippen molar-refractivity contribution in [2.24, 2.45) is 0 Å². The fraction of sp³-hybridized carbons (Fsp3) is 0.333. The Morgan fingerprint density at radius 3 is 2.61 bits per heavy atom. The number of likely N-dealkylation sites (N-methyl/N-ethyl adjacent to an activating group) is 1. The highest BCUT2D eigenvalue weighted by molar-refractivity contribution is 7.09. The van der Waals surface area contributed by atoms with Gasteiger partial charge in [-0.1, -0.05) is 24.3 Å². The lowest BCUT2D eigenvalue weighted by molar-refractivity contribution is 0.0725. The molecule has 0 fully saturated rings. The van der Waals surface area contributed by atoms with Gasteiger partial charge in [0.1, 0.15) is 23.2 Å². The van der Waals surface area contributed by atoms with Crippen molar-refractivity contribution in [1.29, 1.82) is 0 Å². The van der Waals surface area contributed by atoms with Crippen LogP contribution in [-0.2, 0) is 13.2 Å². The van der Waals surface area contributed by atoms with Crippen LogP contribution >= 0.6 is 11.3 Å². The predicted octanol–water partition coefficient (Wildman–Crippen LogP) is 4.68. The maximum absolute atomic E-state index is 14.2. The molecule has 3 rings (SSSR count). The molecule has 0 atom stereocenters. The van der Waals surface area contributed by atoms with E-state index < -0.39 is 5.82 Å². The van der Waals surface area contributed by atoms with Gasteiger partial charge < -0.3 is 14.5 Å². The lowest BCUT2D eigenvalue weighted by atomic mass is 10.1. The highest BCUT2D eigenvalue weighted by Gasteiger charge is 2.20. The standard InChI is InChI=1S/C24H28FN3O2S/c1-17-8-7-11-22(18(17)2)30-15-23-26-19(16-31-23)14-28(13-12-27(3)4)24(29)20-9-5-6-10-21(20)25/h5-11,16H,12-15H2,1-4H3. The van der Waals surface area contributed by atoms with Crippen LogP contribution in [0.4, 0.5) is 4.39 Å². The summed E-state index contributed by atoms with van der Waals surface area (Å²) in [5.41, 5.74) is 3.15. The number of ether oxygens (including phenoxy) is 1. The Bertz CT molecular complexity index is 1040. The minimum atomic E-state index is -0.511. The molecule has 1 amide bonds. The monoisotopic (exact) mass is 441 g/mol. The van der Waals surface area contributed by atoms with Gasteiger partial charge in [0.2, 0.25) is 0 Å². The number of thiazole rings is 1. The molecule has 0 radical (unpaired) electrons. The van der Waals surface area contributed by atoms with Crippen molar-refractivity contribution >= 4 is 17.2 Å². The van der Waals surface area contributed by atoms with Crippen molar-refractivity contribution in [2.45, 2.75) is 27.0 Å². The van der Waals surface area contributed by atoms with Crippen molar-refractivity contribution in [2.75, 3.05) is 27.2 Å². The zero-order chi connectivity index (χ0) is 22.4. The molecule has 3 aromatic rings. The molecule has 0 saturated carbocycles. The Balaban J connectivity index is 1.70. The summed E-state index contributed by atoms with van der Waals surface area (Å²) in [6.07, 6.45) is 0. The van der Waals surface area contributed by atoms with Gasteiger partial charge in [0.25, 0.3) is 5.91 Å². The van der Waals surface area contributed by atoms with Crippen LogP contribution in [-0.4, -0.2) is 47.9 Å². The minimum Gasteiger partial charge on any atom is -0.486 e. The summed E-state index contributed by atoms with van der Waals surface area (Å²) < 4.78 is 20.1. The van der Waals surface area contributed by atoms with Crippen LogP contribution in [0, 0.1) is 19.7 Å². The molecule has 1 aromatic heterocycles. The smallest absolute Gasteiger partial charge is 0.257 e. The fourth-order valence-electron chi connectivity index (χ4n) is 3.08. The maximum Gasteiger partial charge on any atom is 0.257 e. The van der Waals surface area contributed by atoms with Crippen LogP contribution in [0.2, 0.25) is 0 Å². The Morgan fingerprint density at radius 2 is 1.87 bits per heavy atom. The summed E-state index contributed by atoms with van der Waals surface area (Å²) in [5.74, 6) is 0.00321. The normalized spacial score (nSPS) is 11.0. The highest BCUT2D eigenvalue weighted by Crippen LogP contribution is 2.23. The second kappa shape index (κ2) is 10.5. The van der Waals surface area contributed by atoms with Crippen molar-refractivity contribution in [3.63, 3.8) is 0 Å². The third-order valence-corrected chi connectivity index (χ3v) is 5.94. The fourth-order valence-corrected chi connectivity index (χ4v) is 3.78. The van der Waals surface area contributed by atoms with Gasteiger partial charge in [-0.15, -0.1) is 11.3 Å². The molecule has 2 aromatic carbocycles. The summed E-state index contributed by atoms with van der Waals surface area (Å²) >= 11 is 1.50. The number of aromatic nitrogens is 1. The van der Waals surface area contributed by atoms with E-state index in [0.29, 0.717) is 26.2 Å². The second-order valence-electron chi connectivity index (χ2n) is 7.73. The lowest BCUT2D eigenvalue weighted by Gasteiger charge is -2.24. The highest BCUT2D eigenvalue weighted by atomic mass is 32.1. The molecule has 0 aliphatic carbocycles. The number of rotatable bonds is 9. The molecule has 0 aliphatic heterocycles. The first kappa shape index (κ1) is 22.9. The molecule has 5 nitrogen and oxygen atoms in total. The van der Waals surface area contributed by atoms with Gasteiger partial charge in [0.15, 0.2) is 0 Å². The van der Waals surface area contributed by atoms with Gasteiger partial charge in [-0.2, -0.15) is 0 Å². The summed E-state index contributed by atoms with van der Waals surface area (Å²) in [4.78, 5) is 21.3. The summed E-state index contributed by atoms with van der Waals surface area (Å²) in [6.45, 7) is 5.93. The molecule has 0 unspecified atom stereocenters. The summed E-state index contributed by atoms with van der Waals surface area (Å²) in [7, 11) is 3.88. The summed E-state index contributed by atoms with van der Waals surface area (Å²) in [6, 6.07) is 12.1. The van der Waals surface area contributed by atoms with Gasteiger partial charge in [-0.05, 0) is 57.3 Å². The molecule has 0 aliphatic rings. The number of benzene rings is 2. The van der Waals surface area contributed by atoms with Crippen LogP contribution < -0.4 is 4.74 Å². The number of aryl methyl sites for hydroxylation is 1. The van der Waals surface area contributed by atoms with E-state index in [1.807, 2.05) is 43.4 Å². The summed E-state index contributed by atoms with van der Waals surface area (Å²) in [5, 5.41) is 2.76. The van der Waals surface area contributed by atoms with Crippen molar-refractivity contribution in [3.8, 4) is 5.75 Å². The Morgan fingerprint density at radius 1 is 1.10 bits per heavy atom. The van der Waals surface area contributed by atoms with E-state index in [1.165, 1.54) is 29.0 Å². The van der Waals surface area contributed by atoms with Gasteiger partial charge in [0.05, 0.1) is 17.8 Å². The average molecular weight is 442 g/mol. The van der Waals surface area contributed by atoms with Crippen LogP contribution in [0.3, 0.4) is 0 Å². The predicted molar refractivity (Wildman–Crippen MR) is 122 cm³/mol. The van der Waals surface area contributed by atoms with E-state index in [9.17, 15) is 9.18 Å². The van der Waals surface area contributed by atoms with Gasteiger partial charge in [0, 0.05) is 18.5 Å². The first-order chi connectivity index (χ1) is 14.8. The first-order valence-corrected chi connectivity index (χ1v) is 11.0. The lowest BCUT2D eigenvalue weighted by Crippen LogP contribution is -2.36. The van der Waals surface area contributed by atoms with E-state index in [4.69, 9.17) is 4.74 Å². The van der Waals surface area contributed by atoms with E-state index in [0.717, 1.165) is 22.0 Å². The maximum atomic E-state index is 14.2. The Labute approximate surface area is 187 Å². The molecule has 7 heteroatoms. The zero-order valence-electron chi connectivity index (χ0n) is 18.4. The zero-order valence-corrected chi connectivity index (χ0v) is 19.2. The number of nitrogens with zero attached hydrogens (tertiary/aromatic N) is 3. The van der Waals surface area contributed by atoms with Crippen LogP contribution in [0.1, 0.15) is 32.2 Å². The molecule has 1 heterocycles. The van der Waals surface area contributed by atoms with Crippen LogP contribution in [0.15, 0.2) is 47.8 Å². The molecule has 0 N–H and O–H groups in total. The van der Waals surface area contributed by atoms with E-state index in [1.54, 1.807) is 17.0 Å². The number of carbonyl (C=O) groups excluding carboxylic acids is 1. The average Bonchev–Trinajstić information content (AvgIpc) is 3.19. The molecule has 0 spiro atoms. The topological polar surface area (TPSA) is 45.7 Å². The number of hydrogen-bond acceptors (Lipinski definition) is 5. The van der Waals surface area contributed by atoms with Crippen LogP contribution in [0.5, 0.6) is 5.75 Å².